The second-order valence-electron chi connectivity index (χ2n) is 1.37. The molecular formula is C6H15NO2. The third-order valence-electron chi connectivity index (χ3n) is 0.500. The topological polar surface area (TPSA) is 52.5 Å². The highest BCUT2D eigenvalue weighted by atomic mass is 16.5. The molecule has 3 N–H and O–H groups in total. The molecule has 0 aromatic rings. The molecule has 0 aromatic carbocycles. The van der Waals surface area contributed by atoms with Crippen LogP contribution in [-0.4, -0.2) is 23.3 Å². The van der Waals surface area contributed by atoms with Crippen molar-refractivity contribution in [3.63, 3.8) is 0 Å². The average Bonchev–Trinajstić information content (AvgIpc) is 1.66. The molecule has 0 heterocycles. The molecule has 0 aliphatic heterocycles. The summed E-state index contributed by atoms with van der Waals surface area (Å²) < 4.78 is 0. The largest absolute Gasteiger partial charge is 0.482 e. The van der Waals surface area contributed by atoms with E-state index in [2.05, 4.69) is 25.7 Å². The Kier molecular flexibility index (Phi) is 12.8. The van der Waals surface area contributed by atoms with Crippen LogP contribution in [-0.2, 0) is 0 Å². The SMILES string of the molecule is C=C(O)O.CCNCC. The van der Waals surface area contributed by atoms with Gasteiger partial charge in [-0.2, -0.15) is 0 Å². The number of aliphatic hydroxyl groups is 2. The van der Waals surface area contributed by atoms with E-state index in [0.29, 0.717) is 0 Å². The van der Waals surface area contributed by atoms with Gasteiger partial charge in [-0.1, -0.05) is 13.8 Å². The van der Waals surface area contributed by atoms with Crippen LogP contribution in [0.2, 0.25) is 0 Å². The van der Waals surface area contributed by atoms with Gasteiger partial charge in [0.1, 0.15) is 0 Å². The van der Waals surface area contributed by atoms with Gasteiger partial charge in [0.2, 0.25) is 0 Å². The number of aliphatic hydroxyl groups excluding tert-OH is 1. The summed E-state index contributed by atoms with van der Waals surface area (Å²) in [4.78, 5) is 0. The van der Waals surface area contributed by atoms with Crippen molar-refractivity contribution in [2.24, 2.45) is 0 Å². The summed E-state index contributed by atoms with van der Waals surface area (Å²) in [5, 5.41) is 17.9. The maximum absolute atomic E-state index is 7.42. The van der Waals surface area contributed by atoms with Gasteiger partial charge in [0.15, 0.2) is 0 Å². The number of hydrogen-bond donors (Lipinski definition) is 3. The zero-order valence-electron chi connectivity index (χ0n) is 6.02. The van der Waals surface area contributed by atoms with Crippen LogP contribution < -0.4 is 5.32 Å². The van der Waals surface area contributed by atoms with Crippen molar-refractivity contribution in [1.29, 1.82) is 0 Å². The Balaban J connectivity index is 0. The summed E-state index contributed by atoms with van der Waals surface area (Å²) in [6.07, 6.45) is 0. The second kappa shape index (κ2) is 10.3. The Labute approximate surface area is 56.0 Å². The predicted molar refractivity (Wildman–Crippen MR) is 38.6 cm³/mol. The van der Waals surface area contributed by atoms with Gasteiger partial charge in [0.05, 0.1) is 0 Å². The zero-order chi connectivity index (χ0) is 7.70. The van der Waals surface area contributed by atoms with Gasteiger partial charge in [-0.3, -0.25) is 0 Å². The normalized spacial score (nSPS) is 7.33. The quantitative estimate of drug-likeness (QED) is 0.496. The van der Waals surface area contributed by atoms with Gasteiger partial charge in [-0.25, -0.2) is 0 Å². The summed E-state index contributed by atoms with van der Waals surface area (Å²) in [5.74, 6) is -0.833. The summed E-state index contributed by atoms with van der Waals surface area (Å²) in [6.45, 7) is 9.06. The Morgan fingerprint density at radius 1 is 1.33 bits per heavy atom. The summed E-state index contributed by atoms with van der Waals surface area (Å²) in [7, 11) is 0. The molecular weight excluding hydrogens is 118 g/mol. The van der Waals surface area contributed by atoms with Gasteiger partial charge in [-0.05, 0) is 19.7 Å². The fourth-order valence-corrected chi connectivity index (χ4v) is 0.250. The number of hydrogen-bond acceptors (Lipinski definition) is 3. The van der Waals surface area contributed by atoms with Crippen molar-refractivity contribution < 1.29 is 10.2 Å². The third kappa shape index (κ3) is 121. The van der Waals surface area contributed by atoms with E-state index >= 15 is 0 Å². The minimum Gasteiger partial charge on any atom is -0.482 e. The van der Waals surface area contributed by atoms with Crippen molar-refractivity contribution in [3.05, 3.63) is 12.5 Å². The average molecular weight is 133 g/mol. The first-order valence-electron chi connectivity index (χ1n) is 2.92. The maximum Gasteiger partial charge on any atom is 0.266 e. The molecule has 0 radical (unpaired) electrons. The lowest BCUT2D eigenvalue weighted by Crippen LogP contribution is -2.09. The zero-order valence-corrected chi connectivity index (χ0v) is 6.02. The Bertz CT molecular complexity index is 58.1. The first kappa shape index (κ1) is 11.1. The van der Waals surface area contributed by atoms with Crippen molar-refractivity contribution in [2.45, 2.75) is 13.8 Å². The standard InChI is InChI=1S/C4H11N.C2H4O2/c1-3-5-4-2;1-2(3)4/h5H,3-4H2,1-2H3;3-4H,1H2. The van der Waals surface area contributed by atoms with Crippen LogP contribution in [0.15, 0.2) is 12.5 Å². The lowest BCUT2D eigenvalue weighted by Gasteiger charge is -1.86. The molecule has 0 unspecified atom stereocenters. The first-order valence-corrected chi connectivity index (χ1v) is 2.92. The van der Waals surface area contributed by atoms with Gasteiger partial charge in [0, 0.05) is 0 Å². The monoisotopic (exact) mass is 133 g/mol. The van der Waals surface area contributed by atoms with E-state index in [1.165, 1.54) is 0 Å². The van der Waals surface area contributed by atoms with Gasteiger partial charge in [-0.15, -0.1) is 0 Å². The highest BCUT2D eigenvalue weighted by Crippen LogP contribution is 1.58. The molecule has 3 heteroatoms. The third-order valence-corrected chi connectivity index (χ3v) is 0.500. The molecule has 0 aliphatic rings. The van der Waals surface area contributed by atoms with E-state index in [4.69, 9.17) is 10.2 Å². The smallest absolute Gasteiger partial charge is 0.266 e. The molecule has 9 heavy (non-hydrogen) atoms. The molecule has 0 spiro atoms. The van der Waals surface area contributed by atoms with E-state index in [1.807, 2.05) is 0 Å². The van der Waals surface area contributed by atoms with Crippen LogP contribution >= 0.6 is 0 Å². The van der Waals surface area contributed by atoms with Crippen LogP contribution in [0.1, 0.15) is 13.8 Å². The number of rotatable bonds is 2. The van der Waals surface area contributed by atoms with Crippen molar-refractivity contribution >= 4 is 0 Å². The van der Waals surface area contributed by atoms with E-state index in [9.17, 15) is 0 Å². The Hall–Kier alpha value is -0.700. The fraction of sp³-hybridized carbons (Fsp3) is 0.667. The molecule has 0 aliphatic carbocycles. The van der Waals surface area contributed by atoms with Crippen LogP contribution in [0.3, 0.4) is 0 Å². The molecule has 0 fully saturated rings. The molecule has 3 nitrogen and oxygen atoms in total. The number of nitrogens with one attached hydrogen (secondary N) is 1. The van der Waals surface area contributed by atoms with E-state index in [-0.39, 0.29) is 0 Å². The van der Waals surface area contributed by atoms with E-state index < -0.39 is 5.95 Å². The molecule has 56 valence electrons. The Morgan fingerprint density at radius 3 is 1.56 bits per heavy atom. The molecule has 0 bridgehead atoms. The van der Waals surface area contributed by atoms with Crippen LogP contribution in [0, 0.1) is 0 Å². The summed E-state index contributed by atoms with van der Waals surface area (Å²) in [5.41, 5.74) is 0. The summed E-state index contributed by atoms with van der Waals surface area (Å²) >= 11 is 0. The molecule has 0 atom stereocenters. The minimum atomic E-state index is -0.833. The molecule has 0 saturated heterocycles. The van der Waals surface area contributed by atoms with Crippen LogP contribution in [0.4, 0.5) is 0 Å². The van der Waals surface area contributed by atoms with Crippen molar-refractivity contribution in [1.82, 2.24) is 5.32 Å². The maximum atomic E-state index is 7.42. The fourth-order valence-electron chi connectivity index (χ4n) is 0.250. The second-order valence-corrected chi connectivity index (χ2v) is 1.37. The van der Waals surface area contributed by atoms with Crippen LogP contribution in [0.25, 0.3) is 0 Å². The van der Waals surface area contributed by atoms with Gasteiger partial charge >= 0.3 is 0 Å². The highest BCUT2D eigenvalue weighted by Gasteiger charge is 1.62. The molecule has 0 rings (SSSR count). The Morgan fingerprint density at radius 2 is 1.56 bits per heavy atom. The molecule has 0 saturated carbocycles. The van der Waals surface area contributed by atoms with Crippen LogP contribution in [0.5, 0.6) is 0 Å². The molecule has 0 amide bonds. The van der Waals surface area contributed by atoms with Gasteiger partial charge in [0.25, 0.3) is 5.95 Å². The van der Waals surface area contributed by atoms with Crippen molar-refractivity contribution in [3.8, 4) is 0 Å². The predicted octanol–water partition coefficient (Wildman–Crippen LogP) is 1.19. The van der Waals surface area contributed by atoms with Gasteiger partial charge < -0.3 is 15.5 Å². The lowest BCUT2D eigenvalue weighted by molar-refractivity contribution is 0.194. The summed E-state index contributed by atoms with van der Waals surface area (Å²) in [6, 6.07) is 0. The lowest BCUT2D eigenvalue weighted by atomic mass is 10.7. The first-order chi connectivity index (χ1) is 4.15. The van der Waals surface area contributed by atoms with E-state index in [1.54, 1.807) is 0 Å². The van der Waals surface area contributed by atoms with Crippen molar-refractivity contribution in [2.75, 3.05) is 13.1 Å². The molecule has 0 aromatic heterocycles. The highest BCUT2D eigenvalue weighted by molar-refractivity contribution is 4.54. The minimum absolute atomic E-state index is 0.833. The van der Waals surface area contributed by atoms with E-state index in [0.717, 1.165) is 13.1 Å².